The average molecular weight is 509 g/mol. The predicted octanol–water partition coefficient (Wildman–Crippen LogP) is 3.44. The van der Waals surface area contributed by atoms with Gasteiger partial charge in [0.05, 0.1) is 17.5 Å². The van der Waals surface area contributed by atoms with Crippen LogP contribution in [0.5, 0.6) is 11.5 Å². The molecule has 0 aliphatic heterocycles. The molecule has 2 aromatic heterocycles. The van der Waals surface area contributed by atoms with E-state index in [4.69, 9.17) is 14.5 Å². The number of nitrogens with one attached hydrogen (secondary N) is 2. The van der Waals surface area contributed by atoms with E-state index in [9.17, 15) is 13.2 Å². The number of hydrogen-bond acceptors (Lipinski definition) is 8. The van der Waals surface area contributed by atoms with Crippen molar-refractivity contribution in [3.63, 3.8) is 0 Å². The van der Waals surface area contributed by atoms with Crippen molar-refractivity contribution in [2.75, 3.05) is 26.5 Å². The summed E-state index contributed by atoms with van der Waals surface area (Å²) < 4.78 is 35.1. The van der Waals surface area contributed by atoms with Gasteiger partial charge in [-0.15, -0.1) is 0 Å². The molecule has 0 aliphatic rings. The van der Waals surface area contributed by atoms with Gasteiger partial charge in [0.25, 0.3) is 5.56 Å². The van der Waals surface area contributed by atoms with Crippen molar-refractivity contribution in [1.82, 2.24) is 20.3 Å². The zero-order valence-corrected chi connectivity index (χ0v) is 21.3. The highest BCUT2D eigenvalue weighted by Crippen LogP contribution is 2.31. The molecule has 0 aliphatic carbocycles. The predicted molar refractivity (Wildman–Crippen MR) is 139 cm³/mol. The first-order valence-corrected chi connectivity index (χ1v) is 13.3. The van der Waals surface area contributed by atoms with Gasteiger partial charge in [0.15, 0.2) is 15.7 Å². The molecule has 0 spiro atoms. The van der Waals surface area contributed by atoms with Gasteiger partial charge in [-0.2, -0.15) is 0 Å². The summed E-state index contributed by atoms with van der Waals surface area (Å²) in [5.74, 6) is 1.26. The highest BCUT2D eigenvalue weighted by atomic mass is 32.2. The Bertz CT molecular complexity index is 1550. The van der Waals surface area contributed by atoms with E-state index >= 15 is 0 Å². The number of fused-ring (bicyclic) bond motifs is 1. The normalized spacial score (nSPS) is 11.7. The third kappa shape index (κ3) is 5.55. The van der Waals surface area contributed by atoms with Crippen molar-refractivity contribution in [2.45, 2.75) is 24.8 Å². The molecule has 4 rings (SSSR count). The van der Waals surface area contributed by atoms with Gasteiger partial charge in [0, 0.05) is 24.4 Å². The molecule has 0 bridgehead atoms. The summed E-state index contributed by atoms with van der Waals surface area (Å²) in [5, 5.41) is 3.66. The standard InChI is InChI=1S/C26H28N4O5S/c1-16(2)27-14-15-35-22-13-12-20(28-24(22)17-8-10-18(11-9-17)36(4,32)33)25-29-19-6-5-7-21(34-3)23(19)26(31)30-25/h5-13,16,27H,14-15H2,1-4H3,(H,29,30,31). The number of pyridine rings is 1. The van der Waals surface area contributed by atoms with E-state index in [2.05, 4.69) is 29.1 Å². The van der Waals surface area contributed by atoms with Crippen LogP contribution in [0.2, 0.25) is 0 Å². The Morgan fingerprint density at radius 1 is 1.00 bits per heavy atom. The zero-order chi connectivity index (χ0) is 25.9. The summed E-state index contributed by atoms with van der Waals surface area (Å²) >= 11 is 0. The van der Waals surface area contributed by atoms with Crippen LogP contribution in [0.4, 0.5) is 0 Å². The van der Waals surface area contributed by atoms with Crippen molar-refractivity contribution in [3.05, 3.63) is 65.0 Å². The Kier molecular flexibility index (Phi) is 7.37. The van der Waals surface area contributed by atoms with E-state index in [0.717, 1.165) is 6.26 Å². The minimum atomic E-state index is -3.34. The van der Waals surface area contributed by atoms with Crippen LogP contribution >= 0.6 is 0 Å². The highest BCUT2D eigenvalue weighted by molar-refractivity contribution is 7.90. The van der Waals surface area contributed by atoms with E-state index < -0.39 is 9.84 Å². The van der Waals surface area contributed by atoms with Crippen LogP contribution in [0.25, 0.3) is 33.7 Å². The minimum absolute atomic E-state index is 0.209. The maximum absolute atomic E-state index is 12.8. The van der Waals surface area contributed by atoms with E-state index in [1.54, 1.807) is 42.5 Å². The summed E-state index contributed by atoms with van der Waals surface area (Å²) in [7, 11) is -1.84. The van der Waals surface area contributed by atoms with E-state index in [1.807, 2.05) is 0 Å². The van der Waals surface area contributed by atoms with Gasteiger partial charge in [-0.25, -0.2) is 18.4 Å². The van der Waals surface area contributed by atoms with E-state index in [0.29, 0.717) is 64.4 Å². The van der Waals surface area contributed by atoms with Gasteiger partial charge in [-0.1, -0.05) is 32.0 Å². The molecule has 10 heteroatoms. The van der Waals surface area contributed by atoms with Crippen molar-refractivity contribution in [1.29, 1.82) is 0 Å². The summed E-state index contributed by atoms with van der Waals surface area (Å²) in [6, 6.07) is 15.5. The lowest BCUT2D eigenvalue weighted by Gasteiger charge is -2.14. The second-order valence-corrected chi connectivity index (χ2v) is 10.6. The van der Waals surface area contributed by atoms with Crippen molar-refractivity contribution in [2.24, 2.45) is 0 Å². The third-order valence-corrected chi connectivity index (χ3v) is 6.61. The Labute approximate surface area is 209 Å². The molecule has 0 saturated carbocycles. The number of H-pyrrole nitrogens is 1. The summed E-state index contributed by atoms with van der Waals surface area (Å²) in [5.41, 5.74) is 1.75. The lowest BCUT2D eigenvalue weighted by Crippen LogP contribution is -2.27. The number of sulfone groups is 1. The Balaban J connectivity index is 1.78. The molecular formula is C26H28N4O5S. The fourth-order valence-electron chi connectivity index (χ4n) is 3.72. The molecule has 0 radical (unpaired) electrons. The monoisotopic (exact) mass is 508 g/mol. The number of aromatic nitrogens is 3. The van der Waals surface area contributed by atoms with E-state index in [1.165, 1.54) is 19.2 Å². The summed E-state index contributed by atoms with van der Waals surface area (Å²) in [6.07, 6.45) is 1.16. The fraction of sp³-hybridized carbons (Fsp3) is 0.269. The smallest absolute Gasteiger partial charge is 0.262 e. The van der Waals surface area contributed by atoms with Gasteiger partial charge in [-0.05, 0) is 36.4 Å². The van der Waals surface area contributed by atoms with Crippen molar-refractivity contribution in [3.8, 4) is 34.3 Å². The SMILES string of the molecule is COc1cccc2nc(-c3ccc(OCCNC(C)C)c(-c4ccc(S(C)(=O)=O)cc4)n3)[nH]c(=O)c12. The third-order valence-electron chi connectivity index (χ3n) is 5.48. The van der Waals surface area contributed by atoms with Gasteiger partial charge in [0.2, 0.25) is 0 Å². The second kappa shape index (κ2) is 10.5. The number of hydrogen-bond donors (Lipinski definition) is 2. The highest BCUT2D eigenvalue weighted by Gasteiger charge is 2.16. The number of rotatable bonds is 9. The number of ether oxygens (including phenoxy) is 2. The maximum atomic E-state index is 12.8. The van der Waals surface area contributed by atoms with Crippen LogP contribution in [0, 0.1) is 0 Å². The second-order valence-electron chi connectivity index (χ2n) is 8.57. The van der Waals surface area contributed by atoms with Crippen LogP contribution in [0.15, 0.2) is 64.3 Å². The molecule has 0 atom stereocenters. The number of nitrogens with zero attached hydrogens (tertiary/aromatic N) is 2. The Morgan fingerprint density at radius 3 is 2.42 bits per heavy atom. The lowest BCUT2D eigenvalue weighted by molar-refractivity contribution is 0.309. The quantitative estimate of drug-likeness (QED) is 0.330. The Hall–Kier alpha value is -3.76. The molecule has 2 aromatic carbocycles. The summed E-state index contributed by atoms with van der Waals surface area (Å²) in [4.78, 5) is 25.2. The Morgan fingerprint density at radius 2 is 1.75 bits per heavy atom. The first-order chi connectivity index (χ1) is 17.2. The fourth-order valence-corrected chi connectivity index (χ4v) is 4.35. The molecule has 2 N–H and O–H groups in total. The number of benzene rings is 2. The molecule has 2 heterocycles. The molecule has 0 amide bonds. The molecule has 0 fully saturated rings. The lowest BCUT2D eigenvalue weighted by atomic mass is 10.1. The first-order valence-electron chi connectivity index (χ1n) is 11.4. The molecule has 9 nitrogen and oxygen atoms in total. The van der Waals surface area contributed by atoms with Crippen LogP contribution in [0.1, 0.15) is 13.8 Å². The molecule has 0 saturated heterocycles. The maximum Gasteiger partial charge on any atom is 0.262 e. The molecule has 36 heavy (non-hydrogen) atoms. The van der Waals surface area contributed by atoms with Crippen LogP contribution in [-0.2, 0) is 9.84 Å². The molecule has 4 aromatic rings. The molecule has 0 unspecified atom stereocenters. The molecule has 188 valence electrons. The largest absolute Gasteiger partial charge is 0.496 e. The summed E-state index contributed by atoms with van der Waals surface area (Å²) in [6.45, 7) is 5.17. The van der Waals surface area contributed by atoms with Gasteiger partial charge < -0.3 is 19.8 Å². The van der Waals surface area contributed by atoms with Crippen LogP contribution < -0.4 is 20.3 Å². The van der Waals surface area contributed by atoms with Crippen molar-refractivity contribution < 1.29 is 17.9 Å². The van der Waals surface area contributed by atoms with Crippen molar-refractivity contribution >= 4 is 20.7 Å². The van der Waals surface area contributed by atoms with Gasteiger partial charge in [-0.3, -0.25) is 4.79 Å². The number of aromatic amines is 1. The van der Waals surface area contributed by atoms with Gasteiger partial charge in [0.1, 0.15) is 34.9 Å². The average Bonchev–Trinajstić information content (AvgIpc) is 2.85. The van der Waals surface area contributed by atoms with Crippen LogP contribution in [0.3, 0.4) is 0 Å². The first kappa shape index (κ1) is 25.3. The number of methoxy groups -OCH3 is 1. The molecular weight excluding hydrogens is 480 g/mol. The van der Waals surface area contributed by atoms with Gasteiger partial charge >= 0.3 is 0 Å². The minimum Gasteiger partial charge on any atom is -0.496 e. The zero-order valence-electron chi connectivity index (χ0n) is 20.5. The van der Waals surface area contributed by atoms with E-state index in [-0.39, 0.29) is 10.5 Å². The topological polar surface area (TPSA) is 123 Å². The van der Waals surface area contributed by atoms with Crippen LogP contribution in [-0.4, -0.2) is 55.9 Å².